The lowest BCUT2D eigenvalue weighted by molar-refractivity contribution is 0.0682. The van der Waals surface area contributed by atoms with Gasteiger partial charge < -0.3 is 15.9 Å². The van der Waals surface area contributed by atoms with Crippen molar-refractivity contribution < 1.29 is 19.8 Å². The first-order chi connectivity index (χ1) is 12.0. The molecule has 0 heterocycles. The van der Waals surface area contributed by atoms with Crippen LogP contribution in [0.2, 0.25) is 0 Å². The van der Waals surface area contributed by atoms with E-state index in [2.05, 4.69) is 0 Å². The molecule has 0 saturated heterocycles. The monoisotopic (exact) mass is 333 g/mol. The molecule has 0 saturated carbocycles. The van der Waals surface area contributed by atoms with Crippen molar-refractivity contribution in [3.8, 4) is 22.3 Å². The summed E-state index contributed by atoms with van der Waals surface area (Å²) in [5.41, 5.74) is 8.30. The first-order valence-electron chi connectivity index (χ1n) is 7.54. The molecule has 0 radical (unpaired) electrons. The van der Waals surface area contributed by atoms with Crippen molar-refractivity contribution >= 4 is 17.6 Å². The zero-order chi connectivity index (χ0) is 18.0. The Kier molecular flexibility index (Phi) is 4.22. The Morgan fingerprint density at radius 1 is 0.640 bits per heavy atom. The van der Waals surface area contributed by atoms with Gasteiger partial charge in [-0.05, 0) is 35.4 Å². The molecule has 124 valence electrons. The first-order valence-corrected chi connectivity index (χ1v) is 7.54. The zero-order valence-electron chi connectivity index (χ0n) is 13.1. The van der Waals surface area contributed by atoms with Gasteiger partial charge in [-0.15, -0.1) is 0 Å². The second-order valence-corrected chi connectivity index (χ2v) is 5.51. The van der Waals surface area contributed by atoms with Gasteiger partial charge in [0.1, 0.15) is 0 Å². The maximum absolute atomic E-state index is 11.8. The van der Waals surface area contributed by atoms with Crippen LogP contribution in [0.25, 0.3) is 22.3 Å². The van der Waals surface area contributed by atoms with Crippen LogP contribution in [-0.4, -0.2) is 22.2 Å². The van der Waals surface area contributed by atoms with Crippen molar-refractivity contribution in [3.63, 3.8) is 0 Å². The van der Waals surface area contributed by atoms with Crippen molar-refractivity contribution in [1.82, 2.24) is 0 Å². The van der Waals surface area contributed by atoms with Crippen LogP contribution in [0.15, 0.2) is 66.7 Å². The van der Waals surface area contributed by atoms with Gasteiger partial charge in [0.2, 0.25) is 0 Å². The predicted octanol–water partition coefficient (Wildman–Crippen LogP) is 4.00. The van der Waals surface area contributed by atoms with Gasteiger partial charge in [0.15, 0.2) is 0 Å². The quantitative estimate of drug-likeness (QED) is 0.627. The van der Waals surface area contributed by atoms with Crippen LogP contribution in [0.1, 0.15) is 20.7 Å². The van der Waals surface area contributed by atoms with E-state index < -0.39 is 11.9 Å². The molecule has 0 atom stereocenters. The topological polar surface area (TPSA) is 101 Å². The van der Waals surface area contributed by atoms with Gasteiger partial charge in [-0.1, -0.05) is 42.5 Å². The van der Waals surface area contributed by atoms with E-state index >= 15 is 0 Å². The minimum atomic E-state index is -1.12. The molecule has 0 aliphatic rings. The van der Waals surface area contributed by atoms with E-state index in [9.17, 15) is 19.8 Å². The molecule has 3 aromatic rings. The Labute approximate surface area is 144 Å². The number of hydrogen-bond donors (Lipinski definition) is 3. The van der Waals surface area contributed by atoms with Crippen molar-refractivity contribution in [1.29, 1.82) is 0 Å². The van der Waals surface area contributed by atoms with Crippen molar-refractivity contribution in [3.05, 3.63) is 77.9 Å². The molecule has 25 heavy (non-hydrogen) atoms. The van der Waals surface area contributed by atoms with Crippen LogP contribution in [0, 0.1) is 0 Å². The molecule has 0 aromatic heterocycles. The number of aromatic carboxylic acids is 2. The fourth-order valence-corrected chi connectivity index (χ4v) is 2.81. The zero-order valence-corrected chi connectivity index (χ0v) is 13.1. The van der Waals surface area contributed by atoms with Crippen LogP contribution < -0.4 is 5.73 Å². The molecule has 0 aliphatic carbocycles. The summed E-state index contributed by atoms with van der Waals surface area (Å²) in [6.07, 6.45) is 0. The predicted molar refractivity (Wildman–Crippen MR) is 95.6 cm³/mol. The van der Waals surface area contributed by atoms with E-state index in [1.807, 2.05) is 6.07 Å². The highest BCUT2D eigenvalue weighted by molar-refractivity contribution is 6.08. The van der Waals surface area contributed by atoms with E-state index in [4.69, 9.17) is 5.73 Å². The number of nitrogens with two attached hydrogens (primary N) is 1. The number of benzene rings is 3. The number of carbonyl (C=O) groups is 2. The number of hydrogen-bond acceptors (Lipinski definition) is 3. The number of carboxylic acid groups (broad SMARTS) is 2. The average Bonchev–Trinajstić information content (AvgIpc) is 2.61. The molecule has 4 N–H and O–H groups in total. The van der Waals surface area contributed by atoms with Gasteiger partial charge in [0, 0.05) is 16.8 Å². The standard InChI is InChI=1S/C20H15NO4/c21-14-8-6-13(7-9-14)18-16(20(24)25)11-10-15(19(22)23)17(18)12-4-2-1-3-5-12/h1-11H,21H2,(H,22,23)(H,24,25). The van der Waals surface area contributed by atoms with Gasteiger partial charge in [0.05, 0.1) is 11.1 Å². The van der Waals surface area contributed by atoms with E-state index in [0.29, 0.717) is 27.9 Å². The summed E-state index contributed by atoms with van der Waals surface area (Å²) in [6.45, 7) is 0. The molecule has 0 bridgehead atoms. The van der Waals surface area contributed by atoms with Crippen molar-refractivity contribution in [2.45, 2.75) is 0 Å². The highest BCUT2D eigenvalue weighted by Crippen LogP contribution is 2.38. The third-order valence-electron chi connectivity index (χ3n) is 3.93. The summed E-state index contributed by atoms with van der Waals surface area (Å²) in [6, 6.07) is 18.2. The molecule has 0 spiro atoms. The third-order valence-corrected chi connectivity index (χ3v) is 3.93. The minimum absolute atomic E-state index is 0.0358. The third kappa shape index (κ3) is 3.07. The highest BCUT2D eigenvalue weighted by atomic mass is 16.4. The van der Waals surface area contributed by atoms with Gasteiger partial charge in [-0.25, -0.2) is 9.59 Å². The summed E-state index contributed by atoms with van der Waals surface area (Å²) in [5, 5.41) is 19.2. The number of rotatable bonds is 4. The Bertz CT molecular complexity index is 947. The highest BCUT2D eigenvalue weighted by Gasteiger charge is 2.23. The van der Waals surface area contributed by atoms with E-state index in [0.717, 1.165) is 0 Å². The summed E-state index contributed by atoms with van der Waals surface area (Å²) in [4.78, 5) is 23.5. The minimum Gasteiger partial charge on any atom is -0.478 e. The summed E-state index contributed by atoms with van der Waals surface area (Å²) in [5.74, 6) is -2.24. The Morgan fingerprint density at radius 2 is 1.08 bits per heavy atom. The van der Waals surface area contributed by atoms with Crippen molar-refractivity contribution in [2.24, 2.45) is 0 Å². The number of anilines is 1. The second-order valence-electron chi connectivity index (χ2n) is 5.51. The van der Waals surface area contributed by atoms with Crippen LogP contribution in [0.3, 0.4) is 0 Å². The van der Waals surface area contributed by atoms with Gasteiger partial charge in [-0.3, -0.25) is 0 Å². The van der Waals surface area contributed by atoms with Crippen LogP contribution in [-0.2, 0) is 0 Å². The molecular weight excluding hydrogens is 318 g/mol. The van der Waals surface area contributed by atoms with Gasteiger partial charge in [-0.2, -0.15) is 0 Å². The molecule has 3 aromatic carbocycles. The van der Waals surface area contributed by atoms with Crippen LogP contribution >= 0.6 is 0 Å². The molecule has 0 unspecified atom stereocenters. The normalized spacial score (nSPS) is 10.4. The molecular formula is C20H15NO4. The fourth-order valence-electron chi connectivity index (χ4n) is 2.81. The molecule has 0 aliphatic heterocycles. The molecule has 0 amide bonds. The molecule has 5 nitrogen and oxygen atoms in total. The first kappa shape index (κ1) is 16.3. The molecule has 3 rings (SSSR count). The lowest BCUT2D eigenvalue weighted by Crippen LogP contribution is -2.07. The summed E-state index contributed by atoms with van der Waals surface area (Å²) >= 11 is 0. The fraction of sp³-hybridized carbons (Fsp3) is 0. The lowest BCUT2D eigenvalue weighted by Gasteiger charge is -2.16. The van der Waals surface area contributed by atoms with Gasteiger partial charge in [0.25, 0.3) is 0 Å². The van der Waals surface area contributed by atoms with E-state index in [1.54, 1.807) is 48.5 Å². The van der Waals surface area contributed by atoms with E-state index in [1.165, 1.54) is 12.1 Å². The SMILES string of the molecule is Nc1ccc(-c2c(C(=O)O)ccc(C(=O)O)c2-c2ccccc2)cc1. The van der Waals surface area contributed by atoms with E-state index in [-0.39, 0.29) is 11.1 Å². The Hall–Kier alpha value is -3.60. The maximum atomic E-state index is 11.8. The molecule has 5 heteroatoms. The number of nitrogen functional groups attached to an aromatic ring is 1. The Morgan fingerprint density at radius 3 is 1.52 bits per heavy atom. The molecule has 0 fully saturated rings. The number of carboxylic acids is 2. The summed E-state index contributed by atoms with van der Waals surface area (Å²) in [7, 11) is 0. The van der Waals surface area contributed by atoms with Crippen LogP contribution in [0.4, 0.5) is 5.69 Å². The van der Waals surface area contributed by atoms with Gasteiger partial charge >= 0.3 is 11.9 Å². The van der Waals surface area contributed by atoms with Crippen molar-refractivity contribution in [2.75, 3.05) is 5.73 Å². The smallest absolute Gasteiger partial charge is 0.336 e. The maximum Gasteiger partial charge on any atom is 0.336 e. The second kappa shape index (κ2) is 6.49. The largest absolute Gasteiger partial charge is 0.478 e. The lowest BCUT2D eigenvalue weighted by atomic mass is 9.87. The Balaban J connectivity index is 2.43. The average molecular weight is 333 g/mol. The summed E-state index contributed by atoms with van der Waals surface area (Å²) < 4.78 is 0. The van der Waals surface area contributed by atoms with Crippen LogP contribution in [0.5, 0.6) is 0 Å².